The van der Waals surface area contributed by atoms with Crippen molar-refractivity contribution in [1.29, 1.82) is 0 Å². The molecule has 15 heteroatoms. The van der Waals surface area contributed by atoms with Crippen LogP contribution in [0.15, 0.2) is 134 Å². The lowest BCUT2D eigenvalue weighted by Gasteiger charge is -2.28. The summed E-state index contributed by atoms with van der Waals surface area (Å²) in [5.41, 5.74) is 7.48. The summed E-state index contributed by atoms with van der Waals surface area (Å²) in [5, 5.41) is 8.66. The summed E-state index contributed by atoms with van der Waals surface area (Å²) < 4.78 is 34.5. The van der Waals surface area contributed by atoms with Crippen molar-refractivity contribution in [3.8, 4) is 45.0 Å². The third-order valence-electron chi connectivity index (χ3n) is 10.2. The highest BCUT2D eigenvalue weighted by Crippen LogP contribution is 2.32. The number of hydrogen-bond donors (Lipinski definition) is 2. The van der Waals surface area contributed by atoms with Crippen LogP contribution < -0.4 is 14.5 Å². The van der Waals surface area contributed by atoms with Crippen LogP contribution >= 0.6 is 0 Å². The van der Waals surface area contributed by atoms with Crippen LogP contribution in [0.25, 0.3) is 45.0 Å². The third kappa shape index (κ3) is 16.2. The van der Waals surface area contributed by atoms with E-state index in [0.717, 1.165) is 102 Å². The number of benzene rings is 4. The molecule has 0 aliphatic heterocycles. The highest BCUT2D eigenvalue weighted by atomic mass is 32.2. The molecule has 6 rings (SSSR count). The molecule has 348 valence electrons. The van der Waals surface area contributed by atoms with Crippen LogP contribution in [0.5, 0.6) is 0 Å². The summed E-state index contributed by atoms with van der Waals surface area (Å²) in [4.78, 5) is 46.2. The molecule has 4 aromatic carbocycles. The normalized spacial score (nSPS) is 11.2. The van der Waals surface area contributed by atoms with E-state index in [9.17, 15) is 18.0 Å². The van der Waals surface area contributed by atoms with Crippen molar-refractivity contribution in [3.63, 3.8) is 0 Å². The van der Waals surface area contributed by atoms with Gasteiger partial charge in [-0.1, -0.05) is 121 Å². The van der Waals surface area contributed by atoms with E-state index in [1.54, 1.807) is 0 Å². The highest BCUT2D eigenvalue weighted by molar-refractivity contribution is 7.89. The van der Waals surface area contributed by atoms with Gasteiger partial charge in [0.2, 0.25) is 10.0 Å². The Morgan fingerprint density at radius 1 is 0.561 bits per heavy atom. The standard InChI is InChI=1S/C26H32N4O4S.C25H29N3O3/c1-20(2)30(16-10-11-17-34-19-24(31)29-35(3,32)33)23-18-27-25(21-12-6-4-7-13-21)26(28-23)22-14-8-5-9-15-22;1-19(2)28(15-9-10-16-31-18-23(29)30)22-17-26-24(20-11-5-3-6-12-20)25(27-22)21-13-7-4-8-14-21/h4-9,12-15,18,20H,10-11,16-17,19H2,1-3H3,(H,29,31);3-8,11-14,17,19H,9-10,15-16,18H2,1-2H3,(H,29,30). The van der Waals surface area contributed by atoms with Gasteiger partial charge in [0, 0.05) is 60.6 Å². The van der Waals surface area contributed by atoms with Crippen molar-refractivity contribution < 1.29 is 32.6 Å². The molecular weight excluding hydrogens is 855 g/mol. The number of carboxylic acids is 1. The Balaban J connectivity index is 0.000000249. The van der Waals surface area contributed by atoms with Crippen molar-refractivity contribution >= 4 is 33.5 Å². The quantitative estimate of drug-likeness (QED) is 0.0584. The SMILES string of the molecule is CC(C)N(CCCCOCC(=O)NS(C)(=O)=O)c1cnc(-c2ccccc2)c(-c2ccccc2)n1.CC(C)N(CCCCOCC(=O)O)c1cnc(-c2ccccc2)c(-c2ccccc2)n1. The van der Waals surface area contributed by atoms with Gasteiger partial charge < -0.3 is 24.4 Å². The molecule has 0 saturated heterocycles. The summed E-state index contributed by atoms with van der Waals surface area (Å²) in [6.45, 7) is 10.3. The predicted octanol–water partition coefficient (Wildman–Crippen LogP) is 8.80. The molecular formula is C51H61N7O7S. The number of rotatable bonds is 23. The number of anilines is 2. The van der Waals surface area contributed by atoms with Crippen molar-refractivity contribution in [2.45, 2.75) is 65.5 Å². The monoisotopic (exact) mass is 915 g/mol. The molecule has 0 atom stereocenters. The first kappa shape index (κ1) is 50.4. The first-order valence-electron chi connectivity index (χ1n) is 22.2. The zero-order chi connectivity index (χ0) is 47.3. The molecule has 0 unspecified atom stereocenters. The number of carboxylic acid groups (broad SMARTS) is 1. The molecule has 66 heavy (non-hydrogen) atoms. The molecule has 0 aliphatic carbocycles. The van der Waals surface area contributed by atoms with Gasteiger partial charge in [0.05, 0.1) is 41.4 Å². The number of ether oxygens (including phenoxy) is 2. The van der Waals surface area contributed by atoms with Crippen molar-refractivity contribution in [2.75, 3.05) is 55.6 Å². The highest BCUT2D eigenvalue weighted by Gasteiger charge is 2.19. The van der Waals surface area contributed by atoms with Gasteiger partial charge in [0.25, 0.3) is 5.91 Å². The van der Waals surface area contributed by atoms with E-state index in [0.29, 0.717) is 13.2 Å². The number of hydrogen-bond acceptors (Lipinski definition) is 12. The molecule has 0 aliphatic rings. The van der Waals surface area contributed by atoms with E-state index in [1.165, 1.54) is 0 Å². The molecule has 0 spiro atoms. The maximum absolute atomic E-state index is 11.5. The fourth-order valence-corrected chi connectivity index (χ4v) is 7.53. The molecule has 2 N–H and O–H groups in total. The number of carbonyl (C=O) groups excluding carboxylic acids is 1. The molecule has 0 radical (unpaired) electrons. The Morgan fingerprint density at radius 3 is 1.24 bits per heavy atom. The van der Waals surface area contributed by atoms with Crippen LogP contribution in [0.2, 0.25) is 0 Å². The average Bonchev–Trinajstić information content (AvgIpc) is 3.31. The first-order valence-corrected chi connectivity index (χ1v) is 24.1. The van der Waals surface area contributed by atoms with E-state index in [1.807, 2.05) is 126 Å². The molecule has 6 aromatic rings. The summed E-state index contributed by atoms with van der Waals surface area (Å²) in [7, 11) is -3.57. The van der Waals surface area contributed by atoms with Crippen LogP contribution in [0.1, 0.15) is 53.4 Å². The molecule has 14 nitrogen and oxygen atoms in total. The van der Waals surface area contributed by atoms with Gasteiger partial charge in [-0.3, -0.25) is 19.5 Å². The summed E-state index contributed by atoms with van der Waals surface area (Å²) in [6.07, 6.45) is 7.80. The Kier molecular flexibility index (Phi) is 19.7. The predicted molar refractivity (Wildman–Crippen MR) is 262 cm³/mol. The summed E-state index contributed by atoms with van der Waals surface area (Å²) in [5.74, 6) is 0.0246. The summed E-state index contributed by atoms with van der Waals surface area (Å²) >= 11 is 0. The first-order chi connectivity index (χ1) is 31.8. The molecule has 1 amide bonds. The number of sulfonamides is 1. The number of unbranched alkanes of at least 4 members (excludes halogenated alkanes) is 2. The van der Waals surface area contributed by atoms with Crippen LogP contribution in [0, 0.1) is 0 Å². The van der Waals surface area contributed by atoms with Gasteiger partial charge in [0.1, 0.15) is 24.8 Å². The Morgan fingerprint density at radius 2 is 0.909 bits per heavy atom. The molecule has 0 bridgehead atoms. The topological polar surface area (TPSA) is 177 Å². The largest absolute Gasteiger partial charge is 0.480 e. The van der Waals surface area contributed by atoms with E-state index >= 15 is 0 Å². The van der Waals surface area contributed by atoms with Gasteiger partial charge in [-0.25, -0.2) is 23.2 Å². The van der Waals surface area contributed by atoms with Gasteiger partial charge in [-0.05, 0) is 53.4 Å². The molecule has 0 fully saturated rings. The number of carbonyl (C=O) groups is 2. The van der Waals surface area contributed by atoms with E-state index in [-0.39, 0.29) is 25.3 Å². The van der Waals surface area contributed by atoms with Gasteiger partial charge in [-0.15, -0.1) is 0 Å². The molecule has 0 saturated carbocycles. The van der Waals surface area contributed by atoms with Gasteiger partial charge >= 0.3 is 5.97 Å². The van der Waals surface area contributed by atoms with Crippen molar-refractivity contribution in [1.82, 2.24) is 24.7 Å². The van der Waals surface area contributed by atoms with E-state index in [2.05, 4.69) is 49.6 Å². The van der Waals surface area contributed by atoms with Crippen LogP contribution in [-0.4, -0.2) is 103 Å². The maximum Gasteiger partial charge on any atom is 0.329 e. The minimum Gasteiger partial charge on any atom is -0.480 e. The van der Waals surface area contributed by atoms with Crippen molar-refractivity contribution in [3.05, 3.63) is 134 Å². The Bertz CT molecular complexity index is 2520. The second kappa shape index (κ2) is 25.8. The average molecular weight is 916 g/mol. The number of amides is 1. The lowest BCUT2D eigenvalue weighted by Crippen LogP contribution is -2.33. The lowest BCUT2D eigenvalue weighted by atomic mass is 10.0. The third-order valence-corrected chi connectivity index (χ3v) is 10.8. The minimum atomic E-state index is -3.57. The zero-order valence-electron chi connectivity index (χ0n) is 38.4. The van der Waals surface area contributed by atoms with Crippen LogP contribution in [-0.2, 0) is 29.1 Å². The van der Waals surface area contributed by atoms with Gasteiger partial charge in [-0.2, -0.15) is 0 Å². The number of nitrogens with one attached hydrogen (secondary N) is 1. The van der Waals surface area contributed by atoms with Crippen LogP contribution in [0.4, 0.5) is 11.6 Å². The number of aromatic nitrogens is 4. The molecule has 2 heterocycles. The van der Waals surface area contributed by atoms with Crippen molar-refractivity contribution in [2.24, 2.45) is 0 Å². The fourth-order valence-electron chi connectivity index (χ4n) is 7.05. The maximum atomic E-state index is 11.5. The van der Waals surface area contributed by atoms with E-state index < -0.39 is 21.9 Å². The second-order valence-corrected chi connectivity index (χ2v) is 17.8. The van der Waals surface area contributed by atoms with E-state index in [4.69, 9.17) is 34.5 Å². The smallest absolute Gasteiger partial charge is 0.329 e. The van der Waals surface area contributed by atoms with Crippen LogP contribution in [0.3, 0.4) is 0 Å². The molecule has 2 aromatic heterocycles. The number of nitrogens with zero attached hydrogens (tertiary/aromatic N) is 6. The summed E-state index contributed by atoms with van der Waals surface area (Å²) in [6, 6.07) is 40.8. The second-order valence-electron chi connectivity index (χ2n) is 16.1. The zero-order valence-corrected chi connectivity index (χ0v) is 39.2. The Labute approximate surface area is 389 Å². The number of aliphatic carboxylic acids is 1. The fraction of sp³-hybridized carbons (Fsp3) is 0.333. The lowest BCUT2D eigenvalue weighted by molar-refractivity contribution is -0.142. The van der Waals surface area contributed by atoms with Gasteiger partial charge in [0.15, 0.2) is 0 Å². The Hall–Kier alpha value is -6.55. The minimum absolute atomic E-state index is 0.206.